The number of fused-ring (bicyclic) bond motifs is 1. The third-order valence-corrected chi connectivity index (χ3v) is 4.54. The van der Waals surface area contributed by atoms with E-state index in [1.54, 1.807) is 17.3 Å². The van der Waals surface area contributed by atoms with Crippen LogP contribution in [-0.4, -0.2) is 41.7 Å². The van der Waals surface area contributed by atoms with Crippen molar-refractivity contribution in [1.82, 2.24) is 9.97 Å². The number of nitrogens with zero attached hydrogens (tertiary/aromatic N) is 3. The van der Waals surface area contributed by atoms with Gasteiger partial charge in [0.1, 0.15) is 17.9 Å². The Hall–Kier alpha value is -1.75. The summed E-state index contributed by atoms with van der Waals surface area (Å²) in [6.45, 7) is 9.54. The number of benzene rings is 1. The van der Waals surface area contributed by atoms with Gasteiger partial charge in [-0.3, -0.25) is 9.97 Å². The number of likely N-dealkylation sites (N-methyl/N-ethyl adjacent to an activating group) is 1. The topological polar surface area (TPSA) is 33.5 Å². The van der Waals surface area contributed by atoms with Gasteiger partial charge in [0, 0.05) is 18.5 Å². The molecule has 1 saturated heterocycles. The van der Waals surface area contributed by atoms with Crippen molar-refractivity contribution in [3.63, 3.8) is 0 Å². The molecule has 4 nitrogen and oxygen atoms in total. The molecular formula is C16H22FN4+. The molecule has 0 bridgehead atoms. The Morgan fingerprint density at radius 2 is 1.71 bits per heavy atom. The van der Waals surface area contributed by atoms with Crippen molar-refractivity contribution in [3.05, 3.63) is 30.3 Å². The highest BCUT2D eigenvalue weighted by Gasteiger charge is 2.32. The molecule has 1 N–H and O–H groups in total. The molecule has 0 aliphatic carbocycles. The van der Waals surface area contributed by atoms with Crippen LogP contribution in [-0.2, 0) is 0 Å². The van der Waals surface area contributed by atoms with Gasteiger partial charge in [-0.1, -0.05) is 0 Å². The fourth-order valence-electron chi connectivity index (χ4n) is 3.57. The molecule has 21 heavy (non-hydrogen) atoms. The number of piperazine rings is 1. The number of anilines is 1. The molecule has 0 spiro atoms. The minimum Gasteiger partial charge on any atom is -0.357 e. The fourth-order valence-corrected chi connectivity index (χ4v) is 3.57. The number of nitrogens with one attached hydrogen (secondary N) is 1. The Morgan fingerprint density at radius 3 is 2.29 bits per heavy atom. The maximum Gasteiger partial charge on any atom is 0.148 e. The number of hydrogen-bond acceptors (Lipinski definition) is 3. The lowest BCUT2D eigenvalue weighted by atomic mass is 10.1. The maximum absolute atomic E-state index is 14.4. The molecule has 2 atom stereocenters. The zero-order chi connectivity index (χ0) is 15.0. The van der Waals surface area contributed by atoms with Gasteiger partial charge in [-0.15, -0.1) is 0 Å². The van der Waals surface area contributed by atoms with Crippen LogP contribution in [0.1, 0.15) is 20.8 Å². The van der Waals surface area contributed by atoms with Crippen LogP contribution in [0.4, 0.5) is 10.1 Å². The molecule has 1 aromatic heterocycles. The number of hydrogen-bond donors (Lipinski definition) is 1. The van der Waals surface area contributed by atoms with Crippen LogP contribution in [0.25, 0.3) is 11.0 Å². The van der Waals surface area contributed by atoms with Crippen LogP contribution in [0.3, 0.4) is 0 Å². The first-order valence-electron chi connectivity index (χ1n) is 7.61. The van der Waals surface area contributed by atoms with E-state index >= 15 is 0 Å². The zero-order valence-corrected chi connectivity index (χ0v) is 12.8. The smallest absolute Gasteiger partial charge is 0.148 e. The summed E-state index contributed by atoms with van der Waals surface area (Å²) in [5.41, 5.74) is 2.01. The van der Waals surface area contributed by atoms with Crippen molar-refractivity contribution in [2.24, 2.45) is 0 Å². The predicted octanol–water partition coefficient (Wildman–Crippen LogP) is 1.27. The number of halogens is 1. The first-order valence-corrected chi connectivity index (χ1v) is 7.61. The van der Waals surface area contributed by atoms with Crippen LogP contribution in [0, 0.1) is 5.82 Å². The number of rotatable bonds is 2. The lowest BCUT2D eigenvalue weighted by molar-refractivity contribution is -0.945. The van der Waals surface area contributed by atoms with Gasteiger partial charge in [-0.25, -0.2) is 4.39 Å². The normalized spacial score (nSPS) is 26.3. The van der Waals surface area contributed by atoms with Gasteiger partial charge in [-0.2, -0.15) is 0 Å². The summed E-state index contributed by atoms with van der Waals surface area (Å²) in [7, 11) is 0. The highest BCUT2D eigenvalue weighted by molar-refractivity contribution is 5.79. The Balaban J connectivity index is 1.95. The molecule has 2 heterocycles. The molecule has 1 fully saturated rings. The lowest BCUT2D eigenvalue weighted by Crippen LogP contribution is -3.21. The van der Waals surface area contributed by atoms with Crippen molar-refractivity contribution in [1.29, 1.82) is 0 Å². The lowest BCUT2D eigenvalue weighted by Gasteiger charge is -2.42. The Labute approximate surface area is 124 Å². The largest absolute Gasteiger partial charge is 0.357 e. The molecular weight excluding hydrogens is 267 g/mol. The van der Waals surface area contributed by atoms with Crippen LogP contribution in [0.5, 0.6) is 0 Å². The van der Waals surface area contributed by atoms with E-state index in [-0.39, 0.29) is 5.82 Å². The predicted molar refractivity (Wildman–Crippen MR) is 82.1 cm³/mol. The molecule has 2 unspecified atom stereocenters. The van der Waals surface area contributed by atoms with Crippen LogP contribution in [0.2, 0.25) is 0 Å². The second kappa shape index (κ2) is 5.56. The SMILES string of the molecule is CC[NH+]1C(C)CN(c2cc3nccnc3cc2F)CC1C. The molecule has 2 aromatic rings. The van der Waals surface area contributed by atoms with E-state index in [0.717, 1.165) is 25.2 Å². The van der Waals surface area contributed by atoms with Crippen molar-refractivity contribution in [2.45, 2.75) is 32.9 Å². The first kappa shape index (κ1) is 14.2. The van der Waals surface area contributed by atoms with Gasteiger partial charge in [-0.05, 0) is 26.8 Å². The van der Waals surface area contributed by atoms with Crippen LogP contribution < -0.4 is 9.80 Å². The van der Waals surface area contributed by atoms with Crippen molar-refractivity contribution >= 4 is 16.7 Å². The summed E-state index contributed by atoms with van der Waals surface area (Å²) in [4.78, 5) is 12.2. The fraction of sp³-hybridized carbons (Fsp3) is 0.500. The van der Waals surface area contributed by atoms with E-state index in [1.165, 1.54) is 6.07 Å². The minimum atomic E-state index is -0.206. The van der Waals surface area contributed by atoms with E-state index < -0.39 is 0 Å². The molecule has 0 amide bonds. The van der Waals surface area contributed by atoms with Crippen LogP contribution in [0.15, 0.2) is 24.5 Å². The van der Waals surface area contributed by atoms with Gasteiger partial charge in [0.05, 0.1) is 36.4 Å². The molecule has 0 saturated carbocycles. The molecule has 1 aliphatic rings. The average molecular weight is 289 g/mol. The Morgan fingerprint density at radius 1 is 1.14 bits per heavy atom. The van der Waals surface area contributed by atoms with E-state index in [0.29, 0.717) is 23.3 Å². The van der Waals surface area contributed by atoms with Gasteiger partial charge in [0.25, 0.3) is 0 Å². The molecule has 112 valence electrons. The van der Waals surface area contributed by atoms with Crippen LogP contribution >= 0.6 is 0 Å². The first-order chi connectivity index (χ1) is 10.1. The molecule has 3 rings (SSSR count). The highest BCUT2D eigenvalue weighted by atomic mass is 19.1. The van der Waals surface area contributed by atoms with Gasteiger partial charge < -0.3 is 9.80 Å². The average Bonchev–Trinajstić information content (AvgIpc) is 2.46. The summed E-state index contributed by atoms with van der Waals surface area (Å²) in [6, 6.07) is 4.31. The van der Waals surface area contributed by atoms with E-state index in [4.69, 9.17) is 0 Å². The summed E-state index contributed by atoms with van der Waals surface area (Å²) < 4.78 is 14.4. The zero-order valence-electron chi connectivity index (χ0n) is 12.8. The summed E-state index contributed by atoms with van der Waals surface area (Å²) in [5.74, 6) is -0.206. The second-order valence-electron chi connectivity index (χ2n) is 5.98. The quantitative estimate of drug-likeness (QED) is 0.904. The summed E-state index contributed by atoms with van der Waals surface area (Å²) in [5, 5.41) is 0. The van der Waals surface area contributed by atoms with E-state index in [1.807, 2.05) is 6.07 Å². The number of quaternary nitrogens is 1. The third-order valence-electron chi connectivity index (χ3n) is 4.54. The third kappa shape index (κ3) is 2.58. The summed E-state index contributed by atoms with van der Waals surface area (Å²) >= 11 is 0. The Kier molecular flexibility index (Phi) is 3.76. The second-order valence-corrected chi connectivity index (χ2v) is 5.98. The molecule has 5 heteroatoms. The number of aromatic nitrogens is 2. The van der Waals surface area contributed by atoms with Gasteiger partial charge in [0.15, 0.2) is 0 Å². The molecule has 1 aliphatic heterocycles. The Bertz CT molecular complexity index is 633. The van der Waals surface area contributed by atoms with Crippen molar-refractivity contribution in [3.8, 4) is 0 Å². The minimum absolute atomic E-state index is 0.206. The van der Waals surface area contributed by atoms with Crippen molar-refractivity contribution < 1.29 is 9.29 Å². The standard InChI is InChI=1S/C16H21FN4/c1-4-21-11(2)9-20(10-12(21)3)16-8-15-14(7-13(16)17)18-5-6-19-15/h5-8,11-12H,4,9-10H2,1-3H3/p+1. The molecule has 0 radical (unpaired) electrons. The van der Waals surface area contributed by atoms with E-state index in [9.17, 15) is 4.39 Å². The maximum atomic E-state index is 14.4. The van der Waals surface area contributed by atoms with E-state index in [2.05, 4.69) is 35.6 Å². The van der Waals surface area contributed by atoms with Gasteiger partial charge in [0.2, 0.25) is 0 Å². The van der Waals surface area contributed by atoms with Gasteiger partial charge >= 0.3 is 0 Å². The monoisotopic (exact) mass is 289 g/mol. The molecule has 1 aromatic carbocycles. The highest BCUT2D eigenvalue weighted by Crippen LogP contribution is 2.25. The van der Waals surface area contributed by atoms with Crippen molar-refractivity contribution in [2.75, 3.05) is 24.5 Å². The summed E-state index contributed by atoms with van der Waals surface area (Å²) in [6.07, 6.45) is 3.24.